The van der Waals surface area contributed by atoms with E-state index in [4.69, 9.17) is 4.74 Å². The summed E-state index contributed by atoms with van der Waals surface area (Å²) >= 11 is 3.01. The highest BCUT2D eigenvalue weighted by molar-refractivity contribution is 9.10. The molecule has 0 aromatic heterocycles. The van der Waals surface area contributed by atoms with Crippen molar-refractivity contribution in [3.05, 3.63) is 58.1 Å². The third-order valence-corrected chi connectivity index (χ3v) is 3.23. The van der Waals surface area contributed by atoms with Crippen molar-refractivity contribution in [2.75, 3.05) is 12.4 Å². The summed E-state index contributed by atoms with van der Waals surface area (Å²) in [6, 6.07) is 7.95. The van der Waals surface area contributed by atoms with Gasteiger partial charge in [-0.15, -0.1) is 0 Å². The van der Waals surface area contributed by atoms with Gasteiger partial charge in [-0.25, -0.2) is 8.78 Å². The van der Waals surface area contributed by atoms with Gasteiger partial charge in [0.05, 0.1) is 11.6 Å². The second-order valence-electron chi connectivity index (χ2n) is 3.93. The fraction of sp³-hybridized carbons (Fsp3) is 0.0714. The minimum atomic E-state index is -0.533. The van der Waals surface area contributed by atoms with Crippen molar-refractivity contribution in [2.45, 2.75) is 0 Å². The largest absolute Gasteiger partial charge is 0.494 e. The summed E-state index contributed by atoms with van der Waals surface area (Å²) in [5.74, 6) is -1.54. The Kier molecular flexibility index (Phi) is 4.34. The summed E-state index contributed by atoms with van der Waals surface area (Å²) in [7, 11) is 1.33. The van der Waals surface area contributed by atoms with Crippen molar-refractivity contribution in [2.24, 2.45) is 0 Å². The van der Waals surface area contributed by atoms with Gasteiger partial charge in [-0.3, -0.25) is 4.79 Å². The van der Waals surface area contributed by atoms with Crippen molar-refractivity contribution in [1.29, 1.82) is 0 Å². The third-order valence-electron chi connectivity index (χ3n) is 2.59. The maximum absolute atomic E-state index is 13.4. The number of methoxy groups -OCH3 is 1. The van der Waals surface area contributed by atoms with E-state index in [0.717, 1.165) is 6.07 Å². The molecule has 0 saturated carbocycles. The van der Waals surface area contributed by atoms with Gasteiger partial charge in [-0.1, -0.05) is 0 Å². The van der Waals surface area contributed by atoms with Crippen LogP contribution in [0.5, 0.6) is 5.75 Å². The highest BCUT2D eigenvalue weighted by atomic mass is 79.9. The number of carbonyl (C=O) groups excluding carboxylic acids is 1. The molecule has 104 valence electrons. The van der Waals surface area contributed by atoms with E-state index in [1.807, 2.05) is 0 Å². The van der Waals surface area contributed by atoms with Crippen LogP contribution in [0.4, 0.5) is 14.5 Å². The topological polar surface area (TPSA) is 38.3 Å². The quantitative estimate of drug-likeness (QED) is 0.916. The molecule has 0 aliphatic carbocycles. The summed E-state index contributed by atoms with van der Waals surface area (Å²) in [6.07, 6.45) is 0. The SMILES string of the molecule is COc1cc(NC(=O)c2ccc(Br)c(F)c2)ccc1F. The molecule has 1 N–H and O–H groups in total. The number of benzene rings is 2. The first kappa shape index (κ1) is 14.5. The van der Waals surface area contributed by atoms with Gasteiger partial charge < -0.3 is 10.1 Å². The summed E-state index contributed by atoms with van der Waals surface area (Å²) in [5.41, 5.74) is 0.519. The molecule has 3 nitrogen and oxygen atoms in total. The second kappa shape index (κ2) is 6.00. The number of anilines is 1. The molecule has 0 atom stereocenters. The van der Waals surface area contributed by atoms with Crippen LogP contribution in [0.3, 0.4) is 0 Å². The zero-order chi connectivity index (χ0) is 14.7. The predicted molar refractivity (Wildman–Crippen MR) is 75.0 cm³/mol. The van der Waals surface area contributed by atoms with Gasteiger partial charge in [-0.2, -0.15) is 0 Å². The number of ether oxygens (including phenoxy) is 1. The smallest absolute Gasteiger partial charge is 0.255 e. The number of halogens is 3. The first-order chi connectivity index (χ1) is 9.51. The highest BCUT2D eigenvalue weighted by Gasteiger charge is 2.10. The van der Waals surface area contributed by atoms with Gasteiger partial charge in [0.15, 0.2) is 11.6 Å². The lowest BCUT2D eigenvalue weighted by Gasteiger charge is -2.08. The van der Waals surface area contributed by atoms with E-state index < -0.39 is 17.5 Å². The van der Waals surface area contributed by atoms with Crippen molar-refractivity contribution in [3.63, 3.8) is 0 Å². The lowest BCUT2D eigenvalue weighted by atomic mass is 10.2. The number of amides is 1. The molecule has 2 aromatic carbocycles. The van der Waals surface area contributed by atoms with Crippen LogP contribution in [0.15, 0.2) is 40.9 Å². The first-order valence-electron chi connectivity index (χ1n) is 5.61. The van der Waals surface area contributed by atoms with Crippen LogP contribution in [0.25, 0.3) is 0 Å². The van der Waals surface area contributed by atoms with Crippen LogP contribution >= 0.6 is 15.9 Å². The average molecular weight is 342 g/mol. The molecule has 0 saturated heterocycles. The number of hydrogen-bond acceptors (Lipinski definition) is 2. The zero-order valence-electron chi connectivity index (χ0n) is 10.4. The van der Waals surface area contributed by atoms with Crippen molar-refractivity contribution >= 4 is 27.5 Å². The molecule has 1 amide bonds. The molecule has 0 bridgehead atoms. The normalized spacial score (nSPS) is 10.2. The van der Waals surface area contributed by atoms with E-state index in [1.54, 1.807) is 0 Å². The molecule has 0 aliphatic rings. The Balaban J connectivity index is 2.21. The van der Waals surface area contributed by atoms with Crippen LogP contribution < -0.4 is 10.1 Å². The Hall–Kier alpha value is -1.95. The Morgan fingerprint density at radius 1 is 1.15 bits per heavy atom. The van der Waals surface area contributed by atoms with E-state index in [2.05, 4.69) is 21.2 Å². The first-order valence-corrected chi connectivity index (χ1v) is 6.40. The highest BCUT2D eigenvalue weighted by Crippen LogP contribution is 2.22. The van der Waals surface area contributed by atoms with Gasteiger partial charge in [0.25, 0.3) is 5.91 Å². The Morgan fingerprint density at radius 3 is 2.55 bits per heavy atom. The lowest BCUT2D eigenvalue weighted by Crippen LogP contribution is -2.12. The maximum atomic E-state index is 13.4. The van der Waals surface area contributed by atoms with Crippen LogP contribution in [0.2, 0.25) is 0 Å². The maximum Gasteiger partial charge on any atom is 0.255 e. The minimum Gasteiger partial charge on any atom is -0.494 e. The van der Waals surface area contributed by atoms with Gasteiger partial charge in [0.1, 0.15) is 5.82 Å². The van der Waals surface area contributed by atoms with Gasteiger partial charge in [-0.05, 0) is 46.3 Å². The summed E-state index contributed by atoms with van der Waals surface area (Å²) < 4.78 is 31.7. The van der Waals surface area contributed by atoms with Crippen LogP contribution in [0, 0.1) is 11.6 Å². The second-order valence-corrected chi connectivity index (χ2v) is 4.79. The summed E-state index contributed by atoms with van der Waals surface area (Å²) in [6.45, 7) is 0. The zero-order valence-corrected chi connectivity index (χ0v) is 12.0. The molecular formula is C14H10BrF2NO2. The van der Waals surface area contributed by atoms with Gasteiger partial charge in [0, 0.05) is 17.3 Å². The molecular weight excluding hydrogens is 332 g/mol. The van der Waals surface area contributed by atoms with E-state index in [0.29, 0.717) is 5.69 Å². The molecule has 0 unspecified atom stereocenters. The minimum absolute atomic E-state index is 0.0183. The van der Waals surface area contributed by atoms with Crippen molar-refractivity contribution in [1.82, 2.24) is 0 Å². The van der Waals surface area contributed by atoms with Gasteiger partial charge in [0.2, 0.25) is 0 Å². The number of rotatable bonds is 3. The number of carbonyl (C=O) groups is 1. The average Bonchev–Trinajstić information content (AvgIpc) is 2.43. The van der Waals surface area contributed by atoms with E-state index >= 15 is 0 Å². The lowest BCUT2D eigenvalue weighted by molar-refractivity contribution is 0.102. The predicted octanol–water partition coefficient (Wildman–Crippen LogP) is 3.99. The van der Waals surface area contributed by atoms with E-state index in [-0.39, 0.29) is 15.8 Å². The summed E-state index contributed by atoms with van der Waals surface area (Å²) in [5, 5.41) is 2.54. The molecule has 6 heteroatoms. The molecule has 0 radical (unpaired) electrons. The van der Waals surface area contributed by atoms with E-state index in [9.17, 15) is 13.6 Å². The number of hydrogen-bond donors (Lipinski definition) is 1. The fourth-order valence-electron chi connectivity index (χ4n) is 1.58. The van der Waals surface area contributed by atoms with Crippen LogP contribution in [-0.4, -0.2) is 13.0 Å². The fourth-order valence-corrected chi connectivity index (χ4v) is 1.82. The molecule has 2 aromatic rings. The Labute approximate surface area is 122 Å². The molecule has 0 heterocycles. The van der Waals surface area contributed by atoms with Crippen molar-refractivity contribution in [3.8, 4) is 5.75 Å². The standard InChI is InChI=1S/C14H10BrF2NO2/c1-20-13-7-9(3-5-11(13)16)18-14(19)8-2-4-10(15)12(17)6-8/h2-7H,1H3,(H,18,19). The molecule has 0 fully saturated rings. The van der Waals surface area contributed by atoms with Crippen molar-refractivity contribution < 1.29 is 18.3 Å². The molecule has 0 aliphatic heterocycles. The Bertz CT molecular complexity index is 662. The molecule has 2 rings (SSSR count). The van der Waals surface area contributed by atoms with E-state index in [1.165, 1.54) is 37.4 Å². The molecule has 20 heavy (non-hydrogen) atoms. The third kappa shape index (κ3) is 3.14. The number of nitrogens with one attached hydrogen (secondary N) is 1. The monoisotopic (exact) mass is 341 g/mol. The summed E-state index contributed by atoms with van der Waals surface area (Å²) in [4.78, 5) is 11.9. The van der Waals surface area contributed by atoms with Crippen LogP contribution in [0.1, 0.15) is 10.4 Å². The van der Waals surface area contributed by atoms with Crippen LogP contribution in [-0.2, 0) is 0 Å². The van der Waals surface area contributed by atoms with Gasteiger partial charge >= 0.3 is 0 Å². The Morgan fingerprint density at radius 2 is 1.90 bits per heavy atom. The molecule has 0 spiro atoms.